The molecule has 0 aliphatic rings. The molecular weight excluding hydrogens is 282 g/mol. The first-order valence-electron chi connectivity index (χ1n) is 9.23. The van der Waals surface area contributed by atoms with Crippen molar-refractivity contribution in [2.45, 2.75) is 20.2 Å². The van der Waals surface area contributed by atoms with Gasteiger partial charge < -0.3 is 4.42 Å². The second-order valence-electron chi connectivity index (χ2n) is 5.97. The van der Waals surface area contributed by atoms with Crippen molar-refractivity contribution in [1.82, 2.24) is 0 Å². The van der Waals surface area contributed by atoms with E-state index >= 15 is 0 Å². The van der Waals surface area contributed by atoms with Crippen molar-refractivity contribution in [1.29, 1.82) is 0 Å². The lowest BCUT2D eigenvalue weighted by Crippen LogP contribution is -2.31. The van der Waals surface area contributed by atoms with Crippen LogP contribution < -0.4 is 4.57 Å². The summed E-state index contributed by atoms with van der Waals surface area (Å²) in [4.78, 5) is 0. The summed E-state index contributed by atoms with van der Waals surface area (Å²) in [5.41, 5.74) is 5.82. The van der Waals surface area contributed by atoms with E-state index in [9.17, 15) is 0 Å². The average molecular weight is 305 g/mol. The molecule has 0 unspecified atom stereocenters. The zero-order chi connectivity index (χ0) is 18.5. The van der Waals surface area contributed by atoms with E-state index in [0.717, 1.165) is 44.3 Å². The number of hydrogen-bond donors (Lipinski definition) is 0. The maximum Gasteiger partial charge on any atom is 0.212 e. The Morgan fingerprint density at radius 3 is 2.74 bits per heavy atom. The smallest absolute Gasteiger partial charge is 0.212 e. The molecule has 0 fully saturated rings. The number of para-hydroxylation sites is 1. The van der Waals surface area contributed by atoms with Gasteiger partial charge in [0.05, 0.1) is 5.56 Å². The van der Waals surface area contributed by atoms with Crippen LogP contribution in [0.3, 0.4) is 0 Å². The average Bonchev–Trinajstić information content (AvgIpc) is 2.91. The second-order valence-corrected chi connectivity index (χ2v) is 5.97. The van der Waals surface area contributed by atoms with Gasteiger partial charge in [-0.1, -0.05) is 25.1 Å². The minimum Gasteiger partial charge on any atom is -0.456 e. The van der Waals surface area contributed by atoms with E-state index in [-0.39, 0.29) is 6.42 Å². The lowest BCUT2D eigenvalue weighted by atomic mass is 10.0. The third kappa shape index (κ3) is 2.22. The van der Waals surface area contributed by atoms with Gasteiger partial charge >= 0.3 is 0 Å². The summed E-state index contributed by atoms with van der Waals surface area (Å²) in [5, 5.41) is 2.23. The van der Waals surface area contributed by atoms with E-state index in [1.54, 1.807) is 0 Å². The van der Waals surface area contributed by atoms with Gasteiger partial charge in [0.15, 0.2) is 6.20 Å². The number of fused-ring (bicyclic) bond motifs is 3. The van der Waals surface area contributed by atoms with Crippen molar-refractivity contribution < 1.29 is 13.1 Å². The standard InChI is InChI=1S/C21H20NO/c1-4-15-9-10-19(22(3)13-15)17-12-21-18(11-14(17)2)16-7-5-6-8-20(16)23-21/h5-13H,4H2,1-3H3/q+1/i1D3. The molecule has 0 bridgehead atoms. The van der Waals surface area contributed by atoms with Gasteiger partial charge in [0.2, 0.25) is 5.69 Å². The van der Waals surface area contributed by atoms with Crippen LogP contribution >= 0.6 is 0 Å². The van der Waals surface area contributed by atoms with Gasteiger partial charge in [0.25, 0.3) is 0 Å². The molecule has 0 amide bonds. The Morgan fingerprint density at radius 2 is 1.91 bits per heavy atom. The van der Waals surface area contributed by atoms with Crippen molar-refractivity contribution in [3.05, 3.63) is 65.9 Å². The molecular formula is C21H20NO+. The molecule has 114 valence electrons. The van der Waals surface area contributed by atoms with Gasteiger partial charge in [0.1, 0.15) is 18.2 Å². The summed E-state index contributed by atoms with van der Waals surface area (Å²) in [5.74, 6) is 0. The van der Waals surface area contributed by atoms with E-state index in [1.807, 2.05) is 48.1 Å². The van der Waals surface area contributed by atoms with Gasteiger partial charge in [-0.05, 0) is 43.2 Å². The molecule has 0 aliphatic heterocycles. The van der Waals surface area contributed by atoms with Gasteiger partial charge in [-0.2, -0.15) is 0 Å². The number of rotatable bonds is 2. The first-order chi connectivity index (χ1) is 12.3. The Balaban J connectivity index is 1.83. The Hall–Kier alpha value is -2.61. The van der Waals surface area contributed by atoms with Crippen LogP contribution in [0.15, 0.2) is 59.1 Å². The Morgan fingerprint density at radius 1 is 1.04 bits per heavy atom. The van der Waals surface area contributed by atoms with Crippen LogP contribution in [-0.4, -0.2) is 0 Å². The van der Waals surface area contributed by atoms with Crippen molar-refractivity contribution in [2.75, 3.05) is 0 Å². The molecule has 2 aromatic carbocycles. The highest BCUT2D eigenvalue weighted by Crippen LogP contribution is 2.33. The maximum atomic E-state index is 7.45. The topological polar surface area (TPSA) is 17.0 Å². The summed E-state index contributed by atoms with van der Waals surface area (Å²) >= 11 is 0. The fourth-order valence-electron chi connectivity index (χ4n) is 3.20. The monoisotopic (exact) mass is 305 g/mol. The zero-order valence-electron chi connectivity index (χ0n) is 16.3. The molecule has 0 saturated heterocycles. The Bertz CT molecular complexity index is 1130. The number of pyridine rings is 1. The molecule has 2 aromatic heterocycles. The normalized spacial score (nSPS) is 13.9. The summed E-state index contributed by atoms with van der Waals surface area (Å²) in [6.45, 7) is 0.129. The Labute approximate surface area is 140 Å². The molecule has 0 spiro atoms. The predicted molar refractivity (Wildman–Crippen MR) is 94.4 cm³/mol. The van der Waals surface area contributed by atoms with E-state index in [4.69, 9.17) is 8.53 Å². The minimum atomic E-state index is -1.96. The molecule has 4 aromatic rings. The first kappa shape index (κ1) is 11.0. The van der Waals surface area contributed by atoms with Crippen LogP contribution in [0, 0.1) is 6.92 Å². The highest BCUT2D eigenvalue weighted by Gasteiger charge is 2.16. The quantitative estimate of drug-likeness (QED) is 0.479. The van der Waals surface area contributed by atoms with Gasteiger partial charge in [-0.25, -0.2) is 4.57 Å². The Kier molecular flexibility index (Phi) is 2.51. The van der Waals surface area contributed by atoms with Crippen LogP contribution in [-0.2, 0) is 13.5 Å². The van der Waals surface area contributed by atoms with Crippen molar-refractivity contribution in [3.63, 3.8) is 0 Å². The molecule has 2 heterocycles. The minimum absolute atomic E-state index is 0.0721. The number of benzene rings is 2. The lowest BCUT2D eigenvalue weighted by molar-refractivity contribution is -0.660. The van der Waals surface area contributed by atoms with E-state index in [1.165, 1.54) is 0 Å². The molecule has 0 atom stereocenters. The molecule has 2 nitrogen and oxygen atoms in total. The zero-order valence-corrected chi connectivity index (χ0v) is 13.3. The van der Waals surface area contributed by atoms with Crippen LogP contribution in [0.2, 0.25) is 0 Å². The van der Waals surface area contributed by atoms with Gasteiger partial charge in [-0.3, -0.25) is 0 Å². The molecule has 2 heteroatoms. The van der Waals surface area contributed by atoms with E-state index < -0.39 is 6.85 Å². The second kappa shape index (κ2) is 5.24. The van der Waals surface area contributed by atoms with Gasteiger partial charge in [0, 0.05) is 26.5 Å². The molecule has 0 saturated carbocycles. The molecule has 0 N–H and O–H groups in total. The van der Waals surface area contributed by atoms with Crippen molar-refractivity contribution >= 4 is 21.9 Å². The maximum absolute atomic E-state index is 7.45. The lowest BCUT2D eigenvalue weighted by Gasteiger charge is -2.06. The third-order valence-corrected chi connectivity index (χ3v) is 4.40. The molecule has 23 heavy (non-hydrogen) atoms. The summed E-state index contributed by atoms with van der Waals surface area (Å²) < 4.78 is 30.3. The van der Waals surface area contributed by atoms with Crippen LogP contribution in [0.25, 0.3) is 33.2 Å². The SMILES string of the molecule is [2H]C([2H])([2H])Cc1ccc(-c2cc3oc4ccccc4c3cc2C)[n+](C)c1. The highest BCUT2D eigenvalue weighted by atomic mass is 16.3. The summed E-state index contributed by atoms with van der Waals surface area (Å²) in [6.07, 6.45) is 1.96. The number of furan rings is 1. The van der Waals surface area contributed by atoms with E-state index in [0.29, 0.717) is 0 Å². The first-order valence-corrected chi connectivity index (χ1v) is 7.73. The largest absolute Gasteiger partial charge is 0.456 e. The van der Waals surface area contributed by atoms with Crippen molar-refractivity contribution in [2.24, 2.45) is 7.05 Å². The summed E-state index contributed by atoms with van der Waals surface area (Å²) in [6, 6.07) is 16.2. The van der Waals surface area contributed by atoms with Crippen LogP contribution in [0.1, 0.15) is 22.1 Å². The number of nitrogens with zero attached hydrogens (tertiary/aromatic N) is 1. The predicted octanol–water partition coefficient (Wildman–Crippen LogP) is 4.95. The molecule has 4 rings (SSSR count). The number of hydrogen-bond acceptors (Lipinski definition) is 1. The highest BCUT2D eigenvalue weighted by molar-refractivity contribution is 6.06. The molecule has 0 aliphatic carbocycles. The molecule has 0 radical (unpaired) electrons. The number of aryl methyl sites for hydroxylation is 3. The van der Waals surface area contributed by atoms with Crippen molar-refractivity contribution in [3.8, 4) is 11.3 Å². The fourth-order valence-corrected chi connectivity index (χ4v) is 3.20. The van der Waals surface area contributed by atoms with Crippen LogP contribution in [0.5, 0.6) is 0 Å². The number of aromatic nitrogens is 1. The summed E-state index contributed by atoms with van der Waals surface area (Å²) in [7, 11) is 1.95. The fraction of sp³-hybridized carbons (Fsp3) is 0.190. The third-order valence-electron chi connectivity index (χ3n) is 4.40. The van der Waals surface area contributed by atoms with Gasteiger partial charge in [-0.15, -0.1) is 0 Å². The van der Waals surface area contributed by atoms with Crippen LogP contribution in [0.4, 0.5) is 0 Å². The van der Waals surface area contributed by atoms with E-state index in [2.05, 4.69) is 25.1 Å².